The molecule has 0 bridgehead atoms. The second-order valence-corrected chi connectivity index (χ2v) is 2.33. The van der Waals surface area contributed by atoms with Crippen LogP contribution in [0.25, 0.3) is 0 Å². The van der Waals surface area contributed by atoms with Crippen LogP contribution in [0.3, 0.4) is 0 Å². The Bertz CT molecular complexity index is 150. The lowest BCUT2D eigenvalue weighted by Gasteiger charge is -2.10. The third-order valence-corrected chi connectivity index (χ3v) is 1.43. The van der Waals surface area contributed by atoms with Gasteiger partial charge < -0.3 is 5.11 Å². The molecular weight excluding hydrogens is 124 g/mol. The first-order chi connectivity index (χ1) is 4.72. The minimum Gasteiger partial charge on any atom is -0.389 e. The van der Waals surface area contributed by atoms with Crippen LogP contribution in [-0.2, 0) is 0 Å². The van der Waals surface area contributed by atoms with E-state index in [1.54, 1.807) is 13.0 Å². The van der Waals surface area contributed by atoms with E-state index in [0.717, 1.165) is 6.42 Å². The lowest BCUT2D eigenvalue weighted by molar-refractivity contribution is 0.165. The maximum Gasteiger partial charge on any atom is 0.0752 e. The summed E-state index contributed by atoms with van der Waals surface area (Å²) in [5, 5.41) is 9.17. The average molecular weight is 138 g/mol. The highest BCUT2D eigenvalue weighted by molar-refractivity contribution is 4.98. The molecule has 0 aliphatic rings. The van der Waals surface area contributed by atoms with Gasteiger partial charge in [0.2, 0.25) is 0 Å². The molecule has 0 aromatic rings. The van der Waals surface area contributed by atoms with E-state index in [4.69, 9.17) is 5.11 Å². The Kier molecular flexibility index (Phi) is 4.70. The first kappa shape index (κ1) is 9.26. The summed E-state index contributed by atoms with van der Waals surface area (Å²) in [6.45, 7) is 7.25. The standard InChI is InChI=1S/C9H14O/c1-4-6-7-8(3)9(10)5-2/h5,8-10H,2,7H2,1,3H3/t8-,9?/m1/s1. The molecule has 0 aliphatic carbocycles. The van der Waals surface area contributed by atoms with Crippen LogP contribution in [0.5, 0.6) is 0 Å². The second kappa shape index (κ2) is 5.08. The molecule has 0 fully saturated rings. The topological polar surface area (TPSA) is 20.2 Å². The highest BCUT2D eigenvalue weighted by Gasteiger charge is 2.07. The Labute approximate surface area is 62.8 Å². The summed E-state index contributed by atoms with van der Waals surface area (Å²) in [6, 6.07) is 0. The molecule has 1 heteroatoms. The van der Waals surface area contributed by atoms with Crippen molar-refractivity contribution in [2.45, 2.75) is 26.4 Å². The monoisotopic (exact) mass is 138 g/mol. The number of aliphatic hydroxyl groups excluding tert-OH is 1. The van der Waals surface area contributed by atoms with Gasteiger partial charge in [0.1, 0.15) is 0 Å². The van der Waals surface area contributed by atoms with Gasteiger partial charge in [-0.05, 0) is 12.8 Å². The van der Waals surface area contributed by atoms with Crippen molar-refractivity contribution in [3.8, 4) is 11.8 Å². The molecule has 0 rings (SSSR count). The van der Waals surface area contributed by atoms with E-state index in [2.05, 4.69) is 18.4 Å². The summed E-state index contributed by atoms with van der Waals surface area (Å²) in [4.78, 5) is 0. The predicted molar refractivity (Wildman–Crippen MR) is 43.4 cm³/mol. The smallest absolute Gasteiger partial charge is 0.0752 e. The van der Waals surface area contributed by atoms with Crippen molar-refractivity contribution in [1.29, 1.82) is 0 Å². The van der Waals surface area contributed by atoms with Crippen molar-refractivity contribution in [2.75, 3.05) is 0 Å². The van der Waals surface area contributed by atoms with Crippen LogP contribution in [-0.4, -0.2) is 11.2 Å². The quantitative estimate of drug-likeness (QED) is 0.463. The zero-order chi connectivity index (χ0) is 7.98. The molecule has 0 aliphatic heterocycles. The molecule has 1 unspecified atom stereocenters. The Morgan fingerprint density at radius 3 is 2.70 bits per heavy atom. The van der Waals surface area contributed by atoms with Crippen LogP contribution < -0.4 is 0 Å². The zero-order valence-electron chi connectivity index (χ0n) is 6.59. The van der Waals surface area contributed by atoms with E-state index >= 15 is 0 Å². The van der Waals surface area contributed by atoms with Gasteiger partial charge in [-0.2, -0.15) is 0 Å². The van der Waals surface area contributed by atoms with E-state index in [1.165, 1.54) is 0 Å². The molecule has 0 spiro atoms. The van der Waals surface area contributed by atoms with E-state index in [0.29, 0.717) is 0 Å². The molecule has 56 valence electrons. The summed E-state index contributed by atoms with van der Waals surface area (Å²) in [5.41, 5.74) is 0. The lowest BCUT2D eigenvalue weighted by atomic mass is 10.0. The Balaban J connectivity index is 3.67. The van der Waals surface area contributed by atoms with Gasteiger partial charge in [-0.25, -0.2) is 0 Å². The summed E-state index contributed by atoms with van der Waals surface area (Å²) in [6.07, 6.45) is 1.87. The summed E-state index contributed by atoms with van der Waals surface area (Å²) < 4.78 is 0. The summed E-state index contributed by atoms with van der Waals surface area (Å²) in [7, 11) is 0. The van der Waals surface area contributed by atoms with Crippen LogP contribution in [0.4, 0.5) is 0 Å². The number of hydrogen-bond acceptors (Lipinski definition) is 1. The molecule has 0 heterocycles. The molecule has 0 amide bonds. The van der Waals surface area contributed by atoms with Gasteiger partial charge >= 0.3 is 0 Å². The minimum absolute atomic E-state index is 0.199. The zero-order valence-corrected chi connectivity index (χ0v) is 6.59. The van der Waals surface area contributed by atoms with E-state index in [1.807, 2.05) is 6.92 Å². The molecule has 0 radical (unpaired) electrons. The number of aliphatic hydroxyl groups is 1. The first-order valence-electron chi connectivity index (χ1n) is 3.42. The molecule has 1 N–H and O–H groups in total. The van der Waals surface area contributed by atoms with Crippen LogP contribution in [0.15, 0.2) is 12.7 Å². The van der Waals surface area contributed by atoms with Gasteiger partial charge in [-0.3, -0.25) is 0 Å². The highest BCUT2D eigenvalue weighted by atomic mass is 16.3. The fourth-order valence-electron chi connectivity index (χ4n) is 0.616. The van der Waals surface area contributed by atoms with E-state index < -0.39 is 6.10 Å². The van der Waals surface area contributed by atoms with Crippen molar-refractivity contribution in [3.63, 3.8) is 0 Å². The van der Waals surface area contributed by atoms with Crippen molar-refractivity contribution >= 4 is 0 Å². The third kappa shape index (κ3) is 3.32. The van der Waals surface area contributed by atoms with Gasteiger partial charge in [0.25, 0.3) is 0 Å². The third-order valence-electron chi connectivity index (χ3n) is 1.43. The number of hydrogen-bond donors (Lipinski definition) is 1. The van der Waals surface area contributed by atoms with Crippen LogP contribution in [0.2, 0.25) is 0 Å². The Morgan fingerprint density at radius 1 is 1.70 bits per heavy atom. The molecule has 2 atom stereocenters. The molecule has 0 saturated heterocycles. The van der Waals surface area contributed by atoms with E-state index in [-0.39, 0.29) is 5.92 Å². The molecular formula is C9H14O. The number of rotatable bonds is 3. The fourth-order valence-corrected chi connectivity index (χ4v) is 0.616. The second-order valence-electron chi connectivity index (χ2n) is 2.33. The summed E-state index contributed by atoms with van der Waals surface area (Å²) >= 11 is 0. The van der Waals surface area contributed by atoms with Crippen LogP contribution in [0, 0.1) is 17.8 Å². The van der Waals surface area contributed by atoms with Crippen molar-refractivity contribution < 1.29 is 5.11 Å². The highest BCUT2D eigenvalue weighted by Crippen LogP contribution is 2.07. The van der Waals surface area contributed by atoms with Gasteiger partial charge in [0, 0.05) is 6.42 Å². The van der Waals surface area contributed by atoms with Crippen molar-refractivity contribution in [3.05, 3.63) is 12.7 Å². The van der Waals surface area contributed by atoms with E-state index in [9.17, 15) is 0 Å². The van der Waals surface area contributed by atoms with Crippen molar-refractivity contribution in [1.82, 2.24) is 0 Å². The minimum atomic E-state index is -0.416. The average Bonchev–Trinajstić information content (AvgIpc) is 1.98. The van der Waals surface area contributed by atoms with Gasteiger partial charge in [0.15, 0.2) is 0 Å². The first-order valence-corrected chi connectivity index (χ1v) is 3.42. The molecule has 10 heavy (non-hydrogen) atoms. The molecule has 0 aromatic carbocycles. The molecule has 0 saturated carbocycles. The van der Waals surface area contributed by atoms with Crippen LogP contribution in [0.1, 0.15) is 20.3 Å². The largest absolute Gasteiger partial charge is 0.389 e. The maximum absolute atomic E-state index is 9.17. The Hall–Kier alpha value is -0.740. The van der Waals surface area contributed by atoms with Gasteiger partial charge in [0.05, 0.1) is 6.10 Å². The van der Waals surface area contributed by atoms with Crippen molar-refractivity contribution in [2.24, 2.45) is 5.92 Å². The predicted octanol–water partition coefficient (Wildman–Crippen LogP) is 1.58. The SMILES string of the molecule is C=CC(O)[C@H](C)CC#CC. The van der Waals surface area contributed by atoms with Gasteiger partial charge in [-0.1, -0.05) is 13.0 Å². The summed E-state index contributed by atoms with van der Waals surface area (Å²) in [5.74, 6) is 5.89. The fraction of sp³-hybridized carbons (Fsp3) is 0.556. The van der Waals surface area contributed by atoms with Gasteiger partial charge in [-0.15, -0.1) is 18.4 Å². The molecule has 0 aromatic heterocycles. The normalized spacial score (nSPS) is 14.7. The molecule has 1 nitrogen and oxygen atoms in total. The van der Waals surface area contributed by atoms with Crippen LogP contribution >= 0.6 is 0 Å². The maximum atomic E-state index is 9.17. The lowest BCUT2D eigenvalue weighted by Crippen LogP contribution is -2.13. The Morgan fingerprint density at radius 2 is 2.30 bits per heavy atom.